The van der Waals surface area contributed by atoms with Gasteiger partial charge in [-0.05, 0) is 26.9 Å². The third kappa shape index (κ3) is 4.09. The number of hydrogen-bond donors (Lipinski definition) is 1. The minimum absolute atomic E-state index is 0.616. The molecule has 0 amide bonds. The molecule has 1 saturated heterocycles. The molecule has 0 aromatic carbocycles. The summed E-state index contributed by atoms with van der Waals surface area (Å²) in [5.41, 5.74) is 0. The van der Waals surface area contributed by atoms with E-state index in [2.05, 4.69) is 50.0 Å². The summed E-state index contributed by atoms with van der Waals surface area (Å²) in [6.45, 7) is 11.5. The first-order valence-corrected chi connectivity index (χ1v) is 6.13. The number of hydrogen-bond acceptors (Lipinski definition) is 3. The van der Waals surface area contributed by atoms with E-state index in [-0.39, 0.29) is 0 Å². The van der Waals surface area contributed by atoms with Gasteiger partial charge in [-0.2, -0.15) is 0 Å². The van der Waals surface area contributed by atoms with Crippen LogP contribution in [0.2, 0.25) is 0 Å². The van der Waals surface area contributed by atoms with E-state index in [0.29, 0.717) is 12.1 Å². The van der Waals surface area contributed by atoms with Crippen molar-refractivity contribution in [2.45, 2.75) is 32.9 Å². The molecule has 0 aromatic rings. The fraction of sp³-hybridized carbons (Fsp3) is 1.00. The molecule has 90 valence electrons. The number of rotatable bonds is 4. The molecule has 3 nitrogen and oxygen atoms in total. The van der Waals surface area contributed by atoms with Gasteiger partial charge < -0.3 is 10.2 Å². The monoisotopic (exact) mass is 213 g/mol. The van der Waals surface area contributed by atoms with Crippen LogP contribution in [0.25, 0.3) is 0 Å². The number of piperazine rings is 1. The Labute approximate surface area is 94.8 Å². The van der Waals surface area contributed by atoms with Crippen LogP contribution in [0.4, 0.5) is 0 Å². The van der Waals surface area contributed by atoms with Crippen molar-refractivity contribution in [3.8, 4) is 0 Å². The lowest BCUT2D eigenvalue weighted by molar-refractivity contribution is 0.110. The maximum Gasteiger partial charge on any atom is 0.0345 e. The zero-order valence-electron chi connectivity index (χ0n) is 11.0. The summed E-state index contributed by atoms with van der Waals surface area (Å²) in [6, 6.07) is 1.29. The average Bonchev–Trinajstić information content (AvgIpc) is 2.18. The van der Waals surface area contributed by atoms with Crippen LogP contribution in [0.5, 0.6) is 0 Å². The predicted octanol–water partition coefficient (Wildman–Crippen LogP) is 0.866. The van der Waals surface area contributed by atoms with E-state index in [1.807, 2.05) is 0 Å². The molecule has 0 aromatic heterocycles. The van der Waals surface area contributed by atoms with Gasteiger partial charge in [0.15, 0.2) is 0 Å². The minimum Gasteiger partial charge on any atom is -0.312 e. The topological polar surface area (TPSA) is 18.5 Å². The summed E-state index contributed by atoms with van der Waals surface area (Å²) < 4.78 is 0. The zero-order chi connectivity index (χ0) is 11.4. The highest BCUT2D eigenvalue weighted by Gasteiger charge is 2.22. The van der Waals surface area contributed by atoms with E-state index in [1.54, 1.807) is 0 Å². The molecule has 0 aliphatic carbocycles. The number of likely N-dealkylation sites (N-methyl/N-ethyl adjacent to an activating group) is 2. The van der Waals surface area contributed by atoms with E-state index in [0.717, 1.165) is 12.5 Å². The van der Waals surface area contributed by atoms with Crippen LogP contribution in [0, 0.1) is 5.92 Å². The van der Waals surface area contributed by atoms with E-state index < -0.39 is 0 Å². The fourth-order valence-electron chi connectivity index (χ4n) is 1.88. The number of nitrogens with zero attached hydrogens (tertiary/aromatic N) is 2. The van der Waals surface area contributed by atoms with Crippen LogP contribution in [0.3, 0.4) is 0 Å². The second-order valence-corrected chi connectivity index (χ2v) is 5.34. The molecular weight excluding hydrogens is 186 g/mol. The first kappa shape index (κ1) is 12.9. The molecule has 1 heterocycles. The van der Waals surface area contributed by atoms with Crippen molar-refractivity contribution in [3.63, 3.8) is 0 Å². The third-order valence-electron chi connectivity index (χ3n) is 3.66. The Balaban J connectivity index is 2.30. The highest BCUT2D eigenvalue weighted by molar-refractivity contribution is 4.81. The van der Waals surface area contributed by atoms with Gasteiger partial charge in [-0.25, -0.2) is 0 Å². The lowest BCUT2D eigenvalue weighted by atomic mass is 10.1. The van der Waals surface area contributed by atoms with E-state index in [1.165, 1.54) is 19.6 Å². The van der Waals surface area contributed by atoms with Gasteiger partial charge in [0.2, 0.25) is 0 Å². The SMILES string of the molecule is CC(C)C(C)NCC1CN(C)CCN1C. The molecule has 0 radical (unpaired) electrons. The highest BCUT2D eigenvalue weighted by Crippen LogP contribution is 2.06. The van der Waals surface area contributed by atoms with Crippen molar-refractivity contribution < 1.29 is 0 Å². The molecule has 2 unspecified atom stereocenters. The van der Waals surface area contributed by atoms with Crippen LogP contribution >= 0.6 is 0 Å². The molecule has 1 N–H and O–H groups in total. The lowest BCUT2D eigenvalue weighted by Gasteiger charge is -2.38. The van der Waals surface area contributed by atoms with Crippen LogP contribution < -0.4 is 5.32 Å². The van der Waals surface area contributed by atoms with Gasteiger partial charge in [-0.15, -0.1) is 0 Å². The Bertz CT molecular complexity index is 182. The summed E-state index contributed by atoms with van der Waals surface area (Å²) in [5.74, 6) is 0.719. The second-order valence-electron chi connectivity index (χ2n) is 5.34. The largest absolute Gasteiger partial charge is 0.312 e. The van der Waals surface area contributed by atoms with Gasteiger partial charge in [0.25, 0.3) is 0 Å². The molecule has 1 rings (SSSR count). The first-order chi connectivity index (χ1) is 7.00. The van der Waals surface area contributed by atoms with Gasteiger partial charge >= 0.3 is 0 Å². The third-order valence-corrected chi connectivity index (χ3v) is 3.66. The Kier molecular flexibility index (Phi) is 5.03. The van der Waals surface area contributed by atoms with Gasteiger partial charge in [-0.3, -0.25) is 4.90 Å². The summed E-state index contributed by atoms with van der Waals surface area (Å²) in [6.07, 6.45) is 0. The van der Waals surface area contributed by atoms with Crippen LogP contribution in [-0.2, 0) is 0 Å². The Morgan fingerprint density at radius 1 is 1.20 bits per heavy atom. The van der Waals surface area contributed by atoms with E-state index in [4.69, 9.17) is 0 Å². The van der Waals surface area contributed by atoms with E-state index >= 15 is 0 Å². The predicted molar refractivity (Wildman–Crippen MR) is 66.2 cm³/mol. The quantitative estimate of drug-likeness (QED) is 0.747. The van der Waals surface area contributed by atoms with Crippen molar-refractivity contribution in [3.05, 3.63) is 0 Å². The molecule has 0 saturated carbocycles. The minimum atomic E-state index is 0.616. The summed E-state index contributed by atoms with van der Waals surface area (Å²) in [7, 11) is 4.45. The normalized spacial score (nSPS) is 27.2. The molecular formula is C12H27N3. The van der Waals surface area contributed by atoms with Gasteiger partial charge in [0, 0.05) is 38.3 Å². The van der Waals surface area contributed by atoms with Crippen molar-refractivity contribution in [1.29, 1.82) is 0 Å². The smallest absolute Gasteiger partial charge is 0.0345 e. The fourth-order valence-corrected chi connectivity index (χ4v) is 1.88. The zero-order valence-corrected chi connectivity index (χ0v) is 11.0. The maximum absolute atomic E-state index is 3.63. The molecule has 0 spiro atoms. The van der Waals surface area contributed by atoms with Crippen molar-refractivity contribution >= 4 is 0 Å². The molecule has 1 aliphatic rings. The summed E-state index contributed by atoms with van der Waals surface area (Å²) in [4.78, 5) is 4.90. The maximum atomic E-state index is 3.63. The van der Waals surface area contributed by atoms with Crippen LogP contribution in [0.15, 0.2) is 0 Å². The second kappa shape index (κ2) is 5.83. The van der Waals surface area contributed by atoms with Crippen LogP contribution in [0.1, 0.15) is 20.8 Å². The average molecular weight is 213 g/mol. The Hall–Kier alpha value is -0.120. The van der Waals surface area contributed by atoms with E-state index in [9.17, 15) is 0 Å². The summed E-state index contributed by atoms with van der Waals surface area (Å²) >= 11 is 0. The molecule has 1 fully saturated rings. The molecule has 1 aliphatic heterocycles. The van der Waals surface area contributed by atoms with Gasteiger partial charge in [0.1, 0.15) is 0 Å². The first-order valence-electron chi connectivity index (χ1n) is 6.13. The standard InChI is InChI=1S/C12H27N3/c1-10(2)11(3)13-8-12-9-14(4)6-7-15(12)5/h10-13H,6-9H2,1-5H3. The highest BCUT2D eigenvalue weighted by atomic mass is 15.3. The molecule has 3 heteroatoms. The Morgan fingerprint density at radius 3 is 2.47 bits per heavy atom. The van der Waals surface area contributed by atoms with Crippen molar-refractivity contribution in [2.75, 3.05) is 40.3 Å². The van der Waals surface area contributed by atoms with Crippen molar-refractivity contribution in [2.24, 2.45) is 5.92 Å². The van der Waals surface area contributed by atoms with Crippen LogP contribution in [-0.4, -0.2) is 62.2 Å². The van der Waals surface area contributed by atoms with Gasteiger partial charge in [0.05, 0.1) is 0 Å². The Morgan fingerprint density at radius 2 is 1.87 bits per heavy atom. The summed E-state index contributed by atoms with van der Waals surface area (Å²) in [5, 5.41) is 3.63. The number of nitrogens with one attached hydrogen (secondary N) is 1. The molecule has 2 atom stereocenters. The molecule has 0 bridgehead atoms. The lowest BCUT2D eigenvalue weighted by Crippen LogP contribution is -2.54. The van der Waals surface area contributed by atoms with Crippen molar-refractivity contribution in [1.82, 2.24) is 15.1 Å². The molecule has 15 heavy (non-hydrogen) atoms. The van der Waals surface area contributed by atoms with Gasteiger partial charge in [-0.1, -0.05) is 13.8 Å².